The number of piperidine rings is 1. The standard InChI is InChI=1S/C20H25FN4O/c21-18-6-7-19(25-11-3-8-22-25)17(12-18)15-23-9-1-4-16(13-23)14-24-10-2-5-20(24)26/h3,6-8,11-12,16H,1-2,4-5,9-10,13-15H2/t16-/m0/s1. The predicted octanol–water partition coefficient (Wildman–Crippen LogP) is 2.85. The Balaban J connectivity index is 1.45. The number of benzene rings is 1. The molecule has 0 spiro atoms. The molecule has 0 saturated carbocycles. The molecule has 138 valence electrons. The van der Waals surface area contributed by atoms with E-state index >= 15 is 0 Å². The number of amides is 1. The molecule has 2 aliphatic heterocycles. The highest BCUT2D eigenvalue weighted by Gasteiger charge is 2.27. The maximum atomic E-state index is 13.8. The lowest BCUT2D eigenvalue weighted by Crippen LogP contribution is -2.41. The topological polar surface area (TPSA) is 41.4 Å². The minimum absolute atomic E-state index is 0.216. The second-order valence-electron chi connectivity index (χ2n) is 7.41. The third kappa shape index (κ3) is 3.80. The maximum absolute atomic E-state index is 13.8. The quantitative estimate of drug-likeness (QED) is 0.827. The van der Waals surface area contributed by atoms with Crippen LogP contribution in [0.3, 0.4) is 0 Å². The molecule has 0 aliphatic carbocycles. The summed E-state index contributed by atoms with van der Waals surface area (Å²) >= 11 is 0. The fourth-order valence-corrected chi connectivity index (χ4v) is 4.21. The van der Waals surface area contributed by atoms with Crippen molar-refractivity contribution >= 4 is 5.91 Å². The molecule has 1 atom stereocenters. The summed E-state index contributed by atoms with van der Waals surface area (Å²) in [5.74, 6) is 0.591. The lowest BCUT2D eigenvalue weighted by molar-refractivity contribution is -0.128. The summed E-state index contributed by atoms with van der Waals surface area (Å²) in [6, 6.07) is 6.77. The van der Waals surface area contributed by atoms with E-state index in [0.717, 1.165) is 56.7 Å². The largest absolute Gasteiger partial charge is 0.342 e. The molecule has 1 aromatic heterocycles. The number of hydrogen-bond acceptors (Lipinski definition) is 3. The van der Waals surface area contributed by atoms with Gasteiger partial charge >= 0.3 is 0 Å². The van der Waals surface area contributed by atoms with Crippen molar-refractivity contribution in [1.82, 2.24) is 19.6 Å². The summed E-state index contributed by atoms with van der Waals surface area (Å²) in [6.45, 7) is 4.45. The van der Waals surface area contributed by atoms with Crippen LogP contribution in [-0.4, -0.2) is 51.7 Å². The number of likely N-dealkylation sites (tertiary alicyclic amines) is 2. The first-order valence-electron chi connectivity index (χ1n) is 9.47. The van der Waals surface area contributed by atoms with Gasteiger partial charge in [0.1, 0.15) is 5.82 Å². The van der Waals surface area contributed by atoms with Crippen LogP contribution in [0.15, 0.2) is 36.7 Å². The molecule has 2 fully saturated rings. The summed E-state index contributed by atoms with van der Waals surface area (Å²) in [7, 11) is 0. The van der Waals surface area contributed by atoms with Crippen LogP contribution in [0.5, 0.6) is 0 Å². The third-order valence-corrected chi connectivity index (χ3v) is 5.44. The first-order chi connectivity index (χ1) is 12.7. The molecule has 2 saturated heterocycles. The minimum atomic E-state index is -0.216. The summed E-state index contributed by atoms with van der Waals surface area (Å²) in [4.78, 5) is 16.3. The second kappa shape index (κ2) is 7.58. The summed E-state index contributed by atoms with van der Waals surface area (Å²) in [6.07, 6.45) is 7.60. The molecular weight excluding hydrogens is 331 g/mol. The molecule has 1 amide bonds. The van der Waals surface area contributed by atoms with E-state index in [-0.39, 0.29) is 5.82 Å². The molecule has 6 heteroatoms. The van der Waals surface area contributed by atoms with Gasteiger partial charge in [-0.1, -0.05) is 0 Å². The molecule has 3 heterocycles. The number of aromatic nitrogens is 2. The van der Waals surface area contributed by atoms with Crippen LogP contribution >= 0.6 is 0 Å². The Morgan fingerprint density at radius 2 is 2.15 bits per heavy atom. The van der Waals surface area contributed by atoms with Gasteiger partial charge in [0.2, 0.25) is 5.91 Å². The average molecular weight is 356 g/mol. The van der Waals surface area contributed by atoms with Gasteiger partial charge in [0.25, 0.3) is 0 Å². The Morgan fingerprint density at radius 1 is 1.23 bits per heavy atom. The van der Waals surface area contributed by atoms with E-state index in [1.807, 2.05) is 17.2 Å². The number of rotatable bonds is 5. The number of carbonyl (C=O) groups is 1. The van der Waals surface area contributed by atoms with E-state index in [2.05, 4.69) is 10.00 Å². The molecule has 0 bridgehead atoms. The highest BCUT2D eigenvalue weighted by Crippen LogP contribution is 2.24. The number of nitrogens with zero attached hydrogens (tertiary/aromatic N) is 4. The number of hydrogen-bond donors (Lipinski definition) is 0. The normalized spacial score (nSPS) is 21.5. The van der Waals surface area contributed by atoms with Gasteiger partial charge in [0, 0.05) is 45.0 Å². The van der Waals surface area contributed by atoms with Crippen molar-refractivity contribution in [2.45, 2.75) is 32.2 Å². The van der Waals surface area contributed by atoms with Crippen molar-refractivity contribution in [3.05, 3.63) is 48.0 Å². The summed E-state index contributed by atoms with van der Waals surface area (Å²) in [5.41, 5.74) is 1.87. The number of carbonyl (C=O) groups excluding carboxylic acids is 1. The zero-order valence-electron chi connectivity index (χ0n) is 15.0. The predicted molar refractivity (Wildman–Crippen MR) is 97.3 cm³/mol. The van der Waals surface area contributed by atoms with E-state index in [1.165, 1.54) is 6.07 Å². The fourth-order valence-electron chi connectivity index (χ4n) is 4.21. The molecular formula is C20H25FN4O. The number of halogens is 1. The minimum Gasteiger partial charge on any atom is -0.342 e. The van der Waals surface area contributed by atoms with Gasteiger partial charge in [-0.25, -0.2) is 9.07 Å². The molecule has 1 aromatic carbocycles. The monoisotopic (exact) mass is 356 g/mol. The first-order valence-corrected chi connectivity index (χ1v) is 9.47. The smallest absolute Gasteiger partial charge is 0.222 e. The molecule has 5 nitrogen and oxygen atoms in total. The lowest BCUT2D eigenvalue weighted by Gasteiger charge is -2.35. The van der Waals surface area contributed by atoms with Gasteiger partial charge < -0.3 is 4.90 Å². The van der Waals surface area contributed by atoms with Crippen molar-refractivity contribution in [3.63, 3.8) is 0 Å². The Bertz CT molecular complexity index is 761. The molecule has 26 heavy (non-hydrogen) atoms. The molecule has 2 aliphatic rings. The van der Waals surface area contributed by atoms with Crippen LogP contribution in [0.4, 0.5) is 4.39 Å². The fraction of sp³-hybridized carbons (Fsp3) is 0.500. The molecule has 0 radical (unpaired) electrons. The highest BCUT2D eigenvalue weighted by molar-refractivity contribution is 5.78. The Labute approximate surface area is 153 Å². The van der Waals surface area contributed by atoms with E-state index in [9.17, 15) is 9.18 Å². The van der Waals surface area contributed by atoms with Crippen LogP contribution in [0.2, 0.25) is 0 Å². The van der Waals surface area contributed by atoms with Crippen molar-refractivity contribution in [1.29, 1.82) is 0 Å². The lowest BCUT2D eigenvalue weighted by atomic mass is 9.96. The van der Waals surface area contributed by atoms with E-state index in [1.54, 1.807) is 23.0 Å². The average Bonchev–Trinajstić information content (AvgIpc) is 3.28. The van der Waals surface area contributed by atoms with Crippen molar-refractivity contribution in [2.24, 2.45) is 5.92 Å². The van der Waals surface area contributed by atoms with Crippen molar-refractivity contribution in [3.8, 4) is 5.69 Å². The van der Waals surface area contributed by atoms with Crippen LogP contribution in [-0.2, 0) is 11.3 Å². The molecule has 2 aromatic rings. The van der Waals surface area contributed by atoms with Gasteiger partial charge in [0.05, 0.1) is 5.69 Å². The molecule has 0 unspecified atom stereocenters. The van der Waals surface area contributed by atoms with Crippen molar-refractivity contribution in [2.75, 3.05) is 26.2 Å². The van der Waals surface area contributed by atoms with E-state index in [4.69, 9.17) is 0 Å². The van der Waals surface area contributed by atoms with Crippen molar-refractivity contribution < 1.29 is 9.18 Å². The van der Waals surface area contributed by atoms with E-state index < -0.39 is 0 Å². The summed E-state index contributed by atoms with van der Waals surface area (Å²) < 4.78 is 15.6. The Morgan fingerprint density at radius 3 is 2.92 bits per heavy atom. The van der Waals surface area contributed by atoms with Gasteiger partial charge in [-0.05, 0) is 61.6 Å². The molecule has 4 rings (SSSR count). The first kappa shape index (κ1) is 17.2. The van der Waals surface area contributed by atoms with Crippen LogP contribution in [0.1, 0.15) is 31.2 Å². The van der Waals surface area contributed by atoms with Crippen LogP contribution in [0, 0.1) is 11.7 Å². The SMILES string of the molecule is O=C1CCCN1C[C@H]1CCCN(Cc2cc(F)ccc2-n2cccn2)C1. The Kier molecular flexibility index (Phi) is 5.02. The van der Waals surface area contributed by atoms with Crippen LogP contribution in [0.25, 0.3) is 5.69 Å². The van der Waals surface area contributed by atoms with Crippen LogP contribution < -0.4 is 0 Å². The summed E-state index contributed by atoms with van der Waals surface area (Å²) in [5, 5.41) is 4.29. The van der Waals surface area contributed by atoms with Gasteiger partial charge in [-0.2, -0.15) is 5.10 Å². The van der Waals surface area contributed by atoms with Gasteiger partial charge in [-0.15, -0.1) is 0 Å². The maximum Gasteiger partial charge on any atom is 0.222 e. The molecule has 0 N–H and O–H groups in total. The highest BCUT2D eigenvalue weighted by atomic mass is 19.1. The third-order valence-electron chi connectivity index (χ3n) is 5.44. The van der Waals surface area contributed by atoms with E-state index in [0.29, 0.717) is 24.8 Å². The second-order valence-corrected chi connectivity index (χ2v) is 7.41. The zero-order valence-corrected chi connectivity index (χ0v) is 15.0. The van der Waals surface area contributed by atoms with Gasteiger partial charge in [0.15, 0.2) is 0 Å². The van der Waals surface area contributed by atoms with Gasteiger partial charge in [-0.3, -0.25) is 9.69 Å². The zero-order chi connectivity index (χ0) is 17.9. The Hall–Kier alpha value is -2.21.